The summed E-state index contributed by atoms with van der Waals surface area (Å²) in [4.78, 5) is 7.60. The Balaban J connectivity index is 1.74. The molecule has 0 unspecified atom stereocenters. The number of halogens is 2. The van der Waals surface area contributed by atoms with Crippen molar-refractivity contribution in [3.05, 3.63) is 59.2 Å². The van der Waals surface area contributed by atoms with Crippen LogP contribution in [0.3, 0.4) is 0 Å². The number of hydrogen-bond acceptors (Lipinski definition) is 5. The normalized spacial score (nSPS) is 10.8. The van der Waals surface area contributed by atoms with Crippen molar-refractivity contribution < 1.29 is 13.5 Å². The van der Waals surface area contributed by atoms with Crippen molar-refractivity contribution in [3.8, 4) is 11.7 Å². The minimum Gasteiger partial charge on any atom is -0.457 e. The molecule has 0 spiro atoms. The van der Waals surface area contributed by atoms with Gasteiger partial charge < -0.3 is 4.74 Å². The highest BCUT2D eigenvalue weighted by atomic mass is 19.1. The number of aromatic nitrogens is 5. The Hall–Kier alpha value is -2.90. The minimum absolute atomic E-state index is 0.0559. The van der Waals surface area contributed by atoms with E-state index < -0.39 is 5.82 Å². The molecule has 0 saturated heterocycles. The molecule has 0 fully saturated rings. The Morgan fingerprint density at radius 1 is 1.17 bits per heavy atom. The second kappa shape index (κ2) is 6.07. The highest BCUT2D eigenvalue weighted by Gasteiger charge is 2.10. The van der Waals surface area contributed by atoms with Crippen molar-refractivity contribution in [1.29, 1.82) is 0 Å². The van der Waals surface area contributed by atoms with E-state index in [4.69, 9.17) is 4.74 Å². The summed E-state index contributed by atoms with van der Waals surface area (Å²) in [5.41, 5.74) is 1.79. The van der Waals surface area contributed by atoms with E-state index in [1.54, 1.807) is 25.3 Å². The molecule has 2 aromatic heterocycles. The molecule has 0 radical (unpaired) electrons. The lowest BCUT2D eigenvalue weighted by molar-refractivity contribution is 0.274. The summed E-state index contributed by atoms with van der Waals surface area (Å²) in [7, 11) is 0. The standard InChI is InChI=1S/C15H13F2N5O/c1-9-12(16)4-3-5-14(9)22-7-11(20-21-22)8-23-15-18-6-13(17)10(2)19-15/h3-7H,8H2,1-2H3. The van der Waals surface area contributed by atoms with Crippen LogP contribution in [0.2, 0.25) is 0 Å². The number of aryl methyl sites for hydroxylation is 1. The molecule has 0 amide bonds. The zero-order valence-corrected chi connectivity index (χ0v) is 12.5. The predicted octanol–water partition coefficient (Wildman–Crippen LogP) is 2.53. The minimum atomic E-state index is -0.495. The zero-order chi connectivity index (χ0) is 16.4. The quantitative estimate of drug-likeness (QED) is 0.740. The average Bonchev–Trinajstić information content (AvgIpc) is 3.00. The number of nitrogens with zero attached hydrogens (tertiary/aromatic N) is 5. The van der Waals surface area contributed by atoms with Gasteiger partial charge in [0.1, 0.15) is 18.1 Å². The molecule has 3 rings (SSSR count). The van der Waals surface area contributed by atoms with E-state index in [1.807, 2.05) is 0 Å². The van der Waals surface area contributed by atoms with Crippen LogP contribution in [-0.4, -0.2) is 25.0 Å². The molecule has 23 heavy (non-hydrogen) atoms. The predicted molar refractivity (Wildman–Crippen MR) is 77.1 cm³/mol. The summed E-state index contributed by atoms with van der Waals surface area (Å²) in [5.74, 6) is -0.809. The van der Waals surface area contributed by atoms with Gasteiger partial charge in [-0.15, -0.1) is 5.10 Å². The molecular weight excluding hydrogens is 304 g/mol. The highest BCUT2D eigenvalue weighted by Crippen LogP contribution is 2.16. The van der Waals surface area contributed by atoms with Gasteiger partial charge >= 0.3 is 6.01 Å². The number of rotatable bonds is 4. The zero-order valence-electron chi connectivity index (χ0n) is 12.5. The van der Waals surface area contributed by atoms with Gasteiger partial charge in [0, 0.05) is 5.56 Å². The van der Waals surface area contributed by atoms with E-state index in [2.05, 4.69) is 20.3 Å². The summed E-state index contributed by atoms with van der Waals surface area (Å²) >= 11 is 0. The molecule has 0 atom stereocenters. The Kier molecular flexibility index (Phi) is 3.96. The highest BCUT2D eigenvalue weighted by molar-refractivity contribution is 5.40. The van der Waals surface area contributed by atoms with Gasteiger partial charge in [-0.25, -0.2) is 18.4 Å². The van der Waals surface area contributed by atoms with Gasteiger partial charge in [0.15, 0.2) is 5.82 Å². The summed E-state index contributed by atoms with van der Waals surface area (Å²) in [5, 5.41) is 7.91. The van der Waals surface area contributed by atoms with Crippen LogP contribution in [0.1, 0.15) is 17.0 Å². The van der Waals surface area contributed by atoms with Gasteiger partial charge in [-0.3, -0.25) is 0 Å². The monoisotopic (exact) mass is 317 g/mol. The van der Waals surface area contributed by atoms with Crippen LogP contribution in [0.5, 0.6) is 6.01 Å². The fourth-order valence-corrected chi connectivity index (χ4v) is 1.97. The number of benzene rings is 1. The first kappa shape index (κ1) is 15.0. The van der Waals surface area contributed by atoms with Crippen LogP contribution < -0.4 is 4.74 Å². The molecule has 2 heterocycles. The first-order chi connectivity index (χ1) is 11.0. The van der Waals surface area contributed by atoms with Crippen molar-refractivity contribution in [1.82, 2.24) is 25.0 Å². The van der Waals surface area contributed by atoms with E-state index in [0.29, 0.717) is 16.9 Å². The largest absolute Gasteiger partial charge is 0.457 e. The first-order valence-corrected chi connectivity index (χ1v) is 6.83. The summed E-state index contributed by atoms with van der Waals surface area (Å²) in [6.07, 6.45) is 2.67. The van der Waals surface area contributed by atoms with E-state index in [1.165, 1.54) is 17.7 Å². The fraction of sp³-hybridized carbons (Fsp3) is 0.200. The maximum absolute atomic E-state index is 13.6. The van der Waals surface area contributed by atoms with Crippen molar-refractivity contribution in [2.45, 2.75) is 20.5 Å². The molecule has 1 aromatic carbocycles. The second-order valence-corrected chi connectivity index (χ2v) is 4.91. The smallest absolute Gasteiger partial charge is 0.317 e. The van der Waals surface area contributed by atoms with E-state index in [9.17, 15) is 8.78 Å². The van der Waals surface area contributed by atoms with E-state index in [0.717, 1.165) is 6.20 Å². The lowest BCUT2D eigenvalue weighted by Crippen LogP contribution is -2.02. The fourth-order valence-electron chi connectivity index (χ4n) is 1.97. The van der Waals surface area contributed by atoms with E-state index >= 15 is 0 Å². The van der Waals surface area contributed by atoms with Crippen molar-refractivity contribution >= 4 is 0 Å². The van der Waals surface area contributed by atoms with Crippen molar-refractivity contribution in [2.24, 2.45) is 0 Å². The van der Waals surface area contributed by atoms with Crippen LogP contribution in [0.4, 0.5) is 8.78 Å². The third-order valence-corrected chi connectivity index (χ3v) is 3.27. The third kappa shape index (κ3) is 3.15. The van der Waals surface area contributed by atoms with Crippen LogP contribution in [-0.2, 0) is 6.61 Å². The SMILES string of the molecule is Cc1nc(OCc2cn(-c3cccc(F)c3C)nn2)ncc1F. The molecule has 0 N–H and O–H groups in total. The molecule has 0 aliphatic rings. The molecule has 0 aliphatic carbocycles. The topological polar surface area (TPSA) is 65.7 Å². The second-order valence-electron chi connectivity index (χ2n) is 4.91. The first-order valence-electron chi connectivity index (χ1n) is 6.83. The molecule has 8 heteroatoms. The third-order valence-electron chi connectivity index (χ3n) is 3.27. The van der Waals surface area contributed by atoms with Crippen molar-refractivity contribution in [3.63, 3.8) is 0 Å². The number of hydrogen-bond donors (Lipinski definition) is 0. The summed E-state index contributed by atoms with van der Waals surface area (Å²) in [6.45, 7) is 3.25. The molecule has 6 nitrogen and oxygen atoms in total. The lowest BCUT2D eigenvalue weighted by Gasteiger charge is -2.05. The van der Waals surface area contributed by atoms with Gasteiger partial charge in [-0.2, -0.15) is 4.98 Å². The van der Waals surface area contributed by atoms with Gasteiger partial charge in [-0.05, 0) is 26.0 Å². The Morgan fingerprint density at radius 3 is 2.78 bits per heavy atom. The maximum Gasteiger partial charge on any atom is 0.317 e. The van der Waals surface area contributed by atoms with Crippen LogP contribution >= 0.6 is 0 Å². The summed E-state index contributed by atoms with van der Waals surface area (Å²) in [6, 6.07) is 4.78. The van der Waals surface area contributed by atoms with Gasteiger partial charge in [-0.1, -0.05) is 11.3 Å². The van der Waals surface area contributed by atoms with Crippen LogP contribution in [0.25, 0.3) is 5.69 Å². The number of ether oxygens (including phenoxy) is 1. The summed E-state index contributed by atoms with van der Waals surface area (Å²) < 4.78 is 33.5. The Labute approximate surface area is 130 Å². The van der Waals surface area contributed by atoms with Crippen LogP contribution in [0.15, 0.2) is 30.6 Å². The van der Waals surface area contributed by atoms with Gasteiger partial charge in [0.05, 0.1) is 23.8 Å². The lowest BCUT2D eigenvalue weighted by atomic mass is 10.2. The Morgan fingerprint density at radius 2 is 2.00 bits per heavy atom. The van der Waals surface area contributed by atoms with E-state index in [-0.39, 0.29) is 24.1 Å². The van der Waals surface area contributed by atoms with Gasteiger partial charge in [0.25, 0.3) is 0 Å². The molecule has 118 valence electrons. The van der Waals surface area contributed by atoms with Crippen LogP contribution in [0, 0.1) is 25.5 Å². The van der Waals surface area contributed by atoms with Crippen molar-refractivity contribution in [2.75, 3.05) is 0 Å². The van der Waals surface area contributed by atoms with Gasteiger partial charge in [0.2, 0.25) is 0 Å². The molecule has 0 saturated carbocycles. The maximum atomic E-state index is 13.6. The average molecular weight is 317 g/mol. The molecule has 0 aliphatic heterocycles. The Bertz CT molecular complexity index is 850. The molecule has 3 aromatic rings. The molecular formula is C15H13F2N5O. The molecule has 0 bridgehead atoms.